The summed E-state index contributed by atoms with van der Waals surface area (Å²) in [6, 6.07) is 0.0113. The highest BCUT2D eigenvalue weighted by molar-refractivity contribution is 5.87. The van der Waals surface area contributed by atoms with Crippen molar-refractivity contribution in [1.82, 2.24) is 15.5 Å². The quantitative estimate of drug-likeness (QED) is 0.535. The highest BCUT2D eigenvalue weighted by Crippen LogP contribution is 2.48. The maximum atomic E-state index is 13.3. The van der Waals surface area contributed by atoms with Crippen molar-refractivity contribution in [1.29, 1.82) is 0 Å². The minimum Gasteiger partial charge on any atom is -0.444 e. The van der Waals surface area contributed by atoms with Crippen LogP contribution in [-0.2, 0) is 9.53 Å². The van der Waals surface area contributed by atoms with Crippen LogP contribution < -0.4 is 10.6 Å². The minimum atomic E-state index is -0.538. The molecule has 1 saturated heterocycles. The molecule has 1 aliphatic heterocycles. The van der Waals surface area contributed by atoms with Gasteiger partial charge in [-0.15, -0.1) is 0 Å². The third kappa shape index (κ3) is 7.23. The average molecular weight is 450 g/mol. The Morgan fingerprint density at radius 2 is 1.62 bits per heavy atom. The number of likely N-dealkylation sites (tertiary alicyclic amines) is 1. The number of piperidine rings is 1. The molecule has 1 heterocycles. The smallest absolute Gasteiger partial charge is 0.408 e. The molecule has 6 heteroatoms. The van der Waals surface area contributed by atoms with Gasteiger partial charge >= 0.3 is 6.09 Å². The lowest BCUT2D eigenvalue weighted by atomic mass is 9.77. The second-order valence-corrected chi connectivity index (χ2v) is 12.7. The summed E-state index contributed by atoms with van der Waals surface area (Å²) in [6.07, 6.45) is 7.99. The van der Waals surface area contributed by atoms with Crippen molar-refractivity contribution < 1.29 is 14.3 Å². The van der Waals surface area contributed by atoms with Crippen LogP contribution in [0.1, 0.15) is 94.4 Å². The van der Waals surface area contributed by atoms with Gasteiger partial charge in [0.15, 0.2) is 0 Å². The summed E-state index contributed by atoms with van der Waals surface area (Å²) in [5, 5.41) is 6.33. The Morgan fingerprint density at radius 3 is 2.06 bits per heavy atom. The van der Waals surface area contributed by atoms with Crippen LogP contribution in [0, 0.1) is 11.3 Å². The summed E-state index contributed by atoms with van der Waals surface area (Å²) in [5.74, 6) is 0.530. The first-order valence-corrected chi connectivity index (χ1v) is 12.2. The van der Waals surface area contributed by atoms with Gasteiger partial charge in [-0.2, -0.15) is 0 Å². The van der Waals surface area contributed by atoms with E-state index in [-0.39, 0.29) is 29.1 Å². The van der Waals surface area contributed by atoms with Crippen LogP contribution in [-0.4, -0.2) is 52.7 Å². The molecule has 0 aromatic rings. The van der Waals surface area contributed by atoms with Crippen LogP contribution in [0.4, 0.5) is 4.79 Å². The van der Waals surface area contributed by atoms with Gasteiger partial charge in [0.2, 0.25) is 5.91 Å². The summed E-state index contributed by atoms with van der Waals surface area (Å²) in [4.78, 5) is 28.0. The molecule has 2 rings (SSSR count). The Bertz CT molecular complexity index is 696. The van der Waals surface area contributed by atoms with Crippen molar-refractivity contribution in [2.24, 2.45) is 11.3 Å². The Balaban J connectivity index is 2.05. The van der Waals surface area contributed by atoms with E-state index < -0.39 is 17.1 Å². The average Bonchev–Trinajstić information content (AvgIpc) is 3.36. The van der Waals surface area contributed by atoms with Gasteiger partial charge in [-0.1, -0.05) is 26.0 Å². The number of nitrogens with one attached hydrogen (secondary N) is 2. The first-order chi connectivity index (χ1) is 14.5. The summed E-state index contributed by atoms with van der Waals surface area (Å²) in [6.45, 7) is 18.8. The van der Waals surface area contributed by atoms with Crippen molar-refractivity contribution >= 4 is 12.0 Å². The van der Waals surface area contributed by atoms with E-state index in [2.05, 4.69) is 64.1 Å². The third-order valence-electron chi connectivity index (χ3n) is 6.96. The normalized spacial score (nSPS) is 23.7. The number of rotatable bonds is 7. The Kier molecular flexibility index (Phi) is 7.81. The molecule has 2 fully saturated rings. The Hall–Kier alpha value is -1.56. The molecule has 1 atom stereocenters. The molecule has 0 bridgehead atoms. The maximum Gasteiger partial charge on any atom is 0.408 e. The lowest BCUT2D eigenvalue weighted by Crippen LogP contribution is -2.63. The number of hydrogen-bond donors (Lipinski definition) is 2. The largest absolute Gasteiger partial charge is 0.444 e. The molecule has 0 spiro atoms. The molecular formula is C26H47N3O3. The maximum absolute atomic E-state index is 13.3. The van der Waals surface area contributed by atoms with E-state index in [9.17, 15) is 9.59 Å². The van der Waals surface area contributed by atoms with Crippen molar-refractivity contribution in [2.75, 3.05) is 7.05 Å². The molecular weight excluding hydrogens is 402 g/mol. The summed E-state index contributed by atoms with van der Waals surface area (Å²) < 4.78 is 5.43. The molecule has 1 aliphatic carbocycles. The van der Waals surface area contributed by atoms with Crippen LogP contribution in [0.2, 0.25) is 0 Å². The third-order valence-corrected chi connectivity index (χ3v) is 6.96. The van der Waals surface area contributed by atoms with E-state index in [1.165, 1.54) is 0 Å². The zero-order chi connectivity index (χ0) is 24.5. The molecule has 32 heavy (non-hydrogen) atoms. The van der Waals surface area contributed by atoms with Crippen LogP contribution in [0.5, 0.6) is 0 Å². The van der Waals surface area contributed by atoms with Crippen molar-refractivity contribution in [3.8, 4) is 0 Å². The van der Waals surface area contributed by atoms with E-state index in [4.69, 9.17) is 4.74 Å². The van der Waals surface area contributed by atoms with Gasteiger partial charge in [-0.05, 0) is 93.5 Å². The van der Waals surface area contributed by atoms with Gasteiger partial charge in [0, 0.05) is 17.1 Å². The molecule has 1 saturated carbocycles. The fourth-order valence-electron chi connectivity index (χ4n) is 4.86. The molecule has 0 radical (unpaired) electrons. The van der Waals surface area contributed by atoms with Gasteiger partial charge in [-0.3, -0.25) is 9.69 Å². The van der Waals surface area contributed by atoms with E-state index >= 15 is 0 Å². The predicted octanol–water partition coefficient (Wildman–Crippen LogP) is 5.03. The summed E-state index contributed by atoms with van der Waals surface area (Å²) >= 11 is 0. The van der Waals surface area contributed by atoms with E-state index in [0.717, 1.165) is 32.1 Å². The van der Waals surface area contributed by atoms with Crippen molar-refractivity contribution in [3.63, 3.8) is 0 Å². The van der Waals surface area contributed by atoms with Crippen LogP contribution in [0.25, 0.3) is 0 Å². The highest BCUT2D eigenvalue weighted by Gasteiger charge is 2.50. The molecule has 0 aromatic heterocycles. The summed E-state index contributed by atoms with van der Waals surface area (Å²) in [5.41, 5.74) is -0.913. The van der Waals surface area contributed by atoms with Crippen LogP contribution in [0.15, 0.2) is 12.2 Å². The number of hydrogen-bond acceptors (Lipinski definition) is 4. The van der Waals surface area contributed by atoms with Gasteiger partial charge in [0.05, 0.1) is 11.5 Å². The number of ether oxygens (including phenoxy) is 1. The van der Waals surface area contributed by atoms with Crippen LogP contribution >= 0.6 is 0 Å². The topological polar surface area (TPSA) is 70.7 Å². The van der Waals surface area contributed by atoms with Crippen LogP contribution in [0.3, 0.4) is 0 Å². The Morgan fingerprint density at radius 1 is 1.09 bits per heavy atom. The second kappa shape index (κ2) is 9.36. The second-order valence-electron chi connectivity index (χ2n) is 12.7. The number of carbonyl (C=O) groups is 2. The van der Waals surface area contributed by atoms with E-state index in [1.807, 2.05) is 32.9 Å². The van der Waals surface area contributed by atoms with E-state index in [1.54, 1.807) is 0 Å². The SMILES string of the molecule is CC(C)C[C@@H](/C=C/C1(C(=O)NC2CC(C)(C)N(C)C(C)(C)C2)CC1)NC(=O)OC(C)(C)C. The number of nitrogens with zero attached hydrogens (tertiary/aromatic N) is 1. The van der Waals surface area contributed by atoms with Gasteiger partial charge in [-0.25, -0.2) is 4.79 Å². The monoisotopic (exact) mass is 449 g/mol. The lowest BCUT2D eigenvalue weighted by Gasteiger charge is -2.53. The molecule has 0 unspecified atom stereocenters. The van der Waals surface area contributed by atoms with Crippen molar-refractivity contribution in [2.45, 2.75) is 123 Å². The molecule has 2 amide bonds. The first kappa shape index (κ1) is 26.7. The highest BCUT2D eigenvalue weighted by atomic mass is 16.6. The first-order valence-electron chi connectivity index (χ1n) is 12.2. The fraction of sp³-hybridized carbons (Fsp3) is 0.846. The van der Waals surface area contributed by atoms with Crippen molar-refractivity contribution in [3.05, 3.63) is 12.2 Å². The molecule has 0 aromatic carbocycles. The molecule has 2 N–H and O–H groups in total. The number of alkyl carbamates (subject to hydrolysis) is 1. The van der Waals surface area contributed by atoms with Gasteiger partial charge < -0.3 is 15.4 Å². The van der Waals surface area contributed by atoms with Gasteiger partial charge in [0.25, 0.3) is 0 Å². The minimum absolute atomic E-state index is 0.0337. The predicted molar refractivity (Wildman–Crippen MR) is 131 cm³/mol. The van der Waals surface area contributed by atoms with E-state index in [0.29, 0.717) is 5.92 Å². The fourth-order valence-corrected chi connectivity index (χ4v) is 4.86. The molecule has 6 nitrogen and oxygen atoms in total. The number of amides is 2. The molecule has 2 aliphatic rings. The zero-order valence-corrected chi connectivity index (χ0v) is 22.1. The standard InChI is InChI=1S/C26H47N3O3/c1-18(2)15-19(28-22(31)32-23(3,4)5)11-12-26(13-14-26)21(30)27-20-16-24(6,7)29(10)25(8,9)17-20/h11-12,18-20H,13-17H2,1-10H3,(H,27,30)(H,28,31)/b12-11+/t19-/m1/s1. The Labute approximate surface area is 195 Å². The molecule has 184 valence electrons. The number of carbonyl (C=O) groups excluding carboxylic acids is 2. The lowest BCUT2D eigenvalue weighted by molar-refractivity contribution is -0.127. The summed E-state index contributed by atoms with van der Waals surface area (Å²) in [7, 11) is 2.18. The zero-order valence-electron chi connectivity index (χ0n) is 22.1. The van der Waals surface area contributed by atoms with Gasteiger partial charge in [0.1, 0.15) is 5.60 Å².